The smallest absolute Gasteiger partial charge is 0.278 e. The van der Waals surface area contributed by atoms with Crippen LogP contribution in [0.5, 0.6) is 5.75 Å². The highest BCUT2D eigenvalue weighted by Gasteiger charge is 2.40. The molecular weight excluding hydrogens is 380 g/mol. The normalized spacial score (nSPS) is 13.9. The zero-order chi connectivity index (χ0) is 21.7. The number of aryl methyl sites for hydroxylation is 2. The van der Waals surface area contributed by atoms with Crippen molar-refractivity contribution < 1.29 is 19.1 Å². The van der Waals surface area contributed by atoms with E-state index in [9.17, 15) is 9.59 Å². The van der Waals surface area contributed by atoms with Crippen molar-refractivity contribution in [2.45, 2.75) is 27.2 Å². The summed E-state index contributed by atoms with van der Waals surface area (Å²) in [6.07, 6.45) is 0.585. The average molecular weight is 408 g/mol. The molecule has 1 aliphatic rings. The molecule has 2 amide bonds. The Balaban J connectivity index is 2.03. The predicted octanol–water partition coefficient (Wildman–Crippen LogP) is 3.93. The number of amides is 2. The van der Waals surface area contributed by atoms with E-state index >= 15 is 0 Å². The van der Waals surface area contributed by atoms with Gasteiger partial charge in [-0.05, 0) is 50.5 Å². The van der Waals surface area contributed by atoms with Gasteiger partial charge in [0.05, 0.1) is 12.7 Å². The van der Waals surface area contributed by atoms with Crippen molar-refractivity contribution in [3.05, 3.63) is 64.9 Å². The maximum atomic E-state index is 13.3. The van der Waals surface area contributed by atoms with Crippen LogP contribution in [0.3, 0.4) is 0 Å². The van der Waals surface area contributed by atoms with Gasteiger partial charge in [0.2, 0.25) is 0 Å². The number of nitrogens with one attached hydrogen (secondary N) is 1. The molecule has 3 rings (SSSR count). The number of methoxy groups -OCH3 is 1. The highest BCUT2D eigenvalue weighted by molar-refractivity contribution is 6.37. The molecule has 0 atom stereocenters. The van der Waals surface area contributed by atoms with Gasteiger partial charge in [0, 0.05) is 31.0 Å². The topological polar surface area (TPSA) is 67.9 Å². The molecule has 6 nitrogen and oxygen atoms in total. The lowest BCUT2D eigenvalue weighted by atomic mass is 10.0. The summed E-state index contributed by atoms with van der Waals surface area (Å²) in [5, 5.41) is 3.24. The van der Waals surface area contributed by atoms with E-state index in [2.05, 4.69) is 5.32 Å². The molecule has 0 unspecified atom stereocenters. The maximum absolute atomic E-state index is 13.3. The Morgan fingerprint density at radius 1 is 1.03 bits per heavy atom. The van der Waals surface area contributed by atoms with Crippen LogP contribution in [0.2, 0.25) is 0 Å². The standard InChI is InChI=1S/C24H28N2O4/c1-5-30-14-8-13-26-23(27)21(18-9-6-7-10-20(18)29-4)22(24(26)28)25-19-15-16(2)11-12-17(19)3/h6-7,9-12,15,25H,5,8,13-14H2,1-4H3. The third-order valence-corrected chi connectivity index (χ3v) is 5.07. The molecule has 0 spiro atoms. The molecule has 1 aliphatic heterocycles. The van der Waals surface area contributed by atoms with Crippen molar-refractivity contribution in [3.63, 3.8) is 0 Å². The Kier molecular flexibility index (Phi) is 6.90. The van der Waals surface area contributed by atoms with E-state index in [1.165, 1.54) is 4.90 Å². The number of imide groups is 1. The van der Waals surface area contributed by atoms with Gasteiger partial charge in [-0.1, -0.05) is 30.3 Å². The fraction of sp³-hybridized carbons (Fsp3) is 0.333. The SMILES string of the molecule is CCOCCCN1C(=O)C(Nc2cc(C)ccc2C)=C(c2ccccc2OC)C1=O. The van der Waals surface area contributed by atoms with Gasteiger partial charge in [-0.3, -0.25) is 14.5 Å². The molecule has 6 heteroatoms. The van der Waals surface area contributed by atoms with Gasteiger partial charge < -0.3 is 14.8 Å². The molecular formula is C24H28N2O4. The Hall–Kier alpha value is -3.12. The quantitative estimate of drug-likeness (QED) is 0.503. The van der Waals surface area contributed by atoms with E-state index in [4.69, 9.17) is 9.47 Å². The van der Waals surface area contributed by atoms with E-state index in [-0.39, 0.29) is 17.5 Å². The van der Waals surface area contributed by atoms with Crippen LogP contribution in [0.1, 0.15) is 30.0 Å². The van der Waals surface area contributed by atoms with Crippen molar-refractivity contribution in [2.75, 3.05) is 32.2 Å². The first-order valence-corrected chi connectivity index (χ1v) is 10.1. The number of benzene rings is 2. The number of nitrogens with zero attached hydrogens (tertiary/aromatic N) is 1. The molecule has 1 heterocycles. The number of hydrogen-bond acceptors (Lipinski definition) is 5. The maximum Gasteiger partial charge on any atom is 0.278 e. The Bertz CT molecular complexity index is 981. The summed E-state index contributed by atoms with van der Waals surface area (Å²) in [5.74, 6) is -0.114. The Morgan fingerprint density at radius 2 is 1.80 bits per heavy atom. The summed E-state index contributed by atoms with van der Waals surface area (Å²) in [7, 11) is 1.55. The predicted molar refractivity (Wildman–Crippen MR) is 117 cm³/mol. The van der Waals surface area contributed by atoms with E-state index in [0.717, 1.165) is 16.8 Å². The van der Waals surface area contributed by atoms with Crippen LogP contribution < -0.4 is 10.1 Å². The van der Waals surface area contributed by atoms with Crippen molar-refractivity contribution in [3.8, 4) is 5.75 Å². The Labute approximate surface area is 177 Å². The second kappa shape index (κ2) is 9.59. The number of carbonyl (C=O) groups excluding carboxylic acids is 2. The minimum atomic E-state index is -0.335. The van der Waals surface area contributed by atoms with Gasteiger partial charge in [-0.25, -0.2) is 0 Å². The highest BCUT2D eigenvalue weighted by Crippen LogP contribution is 2.35. The molecule has 0 bridgehead atoms. The lowest BCUT2D eigenvalue weighted by Gasteiger charge is -2.15. The molecule has 0 fully saturated rings. The third-order valence-electron chi connectivity index (χ3n) is 5.07. The average Bonchev–Trinajstić information content (AvgIpc) is 2.97. The number of rotatable bonds is 9. The summed E-state index contributed by atoms with van der Waals surface area (Å²) < 4.78 is 10.8. The van der Waals surface area contributed by atoms with Crippen LogP contribution in [-0.4, -0.2) is 43.6 Å². The second-order valence-corrected chi connectivity index (χ2v) is 7.21. The number of carbonyl (C=O) groups is 2. The first-order chi connectivity index (χ1) is 14.5. The molecule has 0 radical (unpaired) electrons. The molecule has 0 aromatic heterocycles. The van der Waals surface area contributed by atoms with Gasteiger partial charge in [0.25, 0.3) is 11.8 Å². The highest BCUT2D eigenvalue weighted by atomic mass is 16.5. The zero-order valence-corrected chi connectivity index (χ0v) is 18.0. The van der Waals surface area contributed by atoms with Crippen LogP contribution in [0.4, 0.5) is 5.69 Å². The molecule has 30 heavy (non-hydrogen) atoms. The molecule has 2 aromatic carbocycles. The van der Waals surface area contributed by atoms with E-state index < -0.39 is 0 Å². The first-order valence-electron chi connectivity index (χ1n) is 10.1. The number of anilines is 1. The molecule has 0 saturated heterocycles. The largest absolute Gasteiger partial charge is 0.496 e. The minimum absolute atomic E-state index is 0.273. The summed E-state index contributed by atoms with van der Waals surface area (Å²) in [5.41, 5.74) is 4.05. The van der Waals surface area contributed by atoms with E-state index in [1.54, 1.807) is 19.2 Å². The lowest BCUT2D eigenvalue weighted by Crippen LogP contribution is -2.34. The van der Waals surface area contributed by atoms with Gasteiger partial charge in [-0.2, -0.15) is 0 Å². The fourth-order valence-electron chi connectivity index (χ4n) is 3.47. The summed E-state index contributed by atoms with van der Waals surface area (Å²) in [6, 6.07) is 13.2. The summed E-state index contributed by atoms with van der Waals surface area (Å²) in [4.78, 5) is 27.9. The van der Waals surface area contributed by atoms with Crippen LogP contribution in [0, 0.1) is 13.8 Å². The van der Waals surface area contributed by atoms with Crippen molar-refractivity contribution in [1.82, 2.24) is 4.90 Å². The number of para-hydroxylation sites is 1. The Morgan fingerprint density at radius 3 is 2.53 bits per heavy atom. The van der Waals surface area contributed by atoms with E-state index in [0.29, 0.717) is 43.1 Å². The van der Waals surface area contributed by atoms with Crippen molar-refractivity contribution in [2.24, 2.45) is 0 Å². The summed E-state index contributed by atoms with van der Waals surface area (Å²) in [6.45, 7) is 7.27. The first kappa shape index (κ1) is 21.6. The molecule has 0 saturated carbocycles. The number of hydrogen-bond donors (Lipinski definition) is 1. The molecule has 1 N–H and O–H groups in total. The molecule has 0 aliphatic carbocycles. The van der Waals surface area contributed by atoms with Crippen LogP contribution >= 0.6 is 0 Å². The van der Waals surface area contributed by atoms with Crippen molar-refractivity contribution >= 4 is 23.1 Å². The van der Waals surface area contributed by atoms with Gasteiger partial charge in [0.15, 0.2) is 0 Å². The monoisotopic (exact) mass is 408 g/mol. The fourth-order valence-corrected chi connectivity index (χ4v) is 3.47. The van der Waals surface area contributed by atoms with Crippen molar-refractivity contribution in [1.29, 1.82) is 0 Å². The summed E-state index contributed by atoms with van der Waals surface area (Å²) >= 11 is 0. The minimum Gasteiger partial charge on any atom is -0.496 e. The zero-order valence-electron chi connectivity index (χ0n) is 18.0. The third kappa shape index (κ3) is 4.39. The molecule has 2 aromatic rings. The molecule has 158 valence electrons. The lowest BCUT2D eigenvalue weighted by molar-refractivity contribution is -0.137. The van der Waals surface area contributed by atoms with Crippen LogP contribution in [0.25, 0.3) is 5.57 Å². The van der Waals surface area contributed by atoms with Gasteiger partial charge >= 0.3 is 0 Å². The number of ether oxygens (including phenoxy) is 2. The van der Waals surface area contributed by atoms with E-state index in [1.807, 2.05) is 51.1 Å². The van der Waals surface area contributed by atoms with Gasteiger partial charge in [0.1, 0.15) is 11.4 Å². The second-order valence-electron chi connectivity index (χ2n) is 7.21. The van der Waals surface area contributed by atoms with Gasteiger partial charge in [-0.15, -0.1) is 0 Å². The van der Waals surface area contributed by atoms with Crippen LogP contribution in [-0.2, 0) is 14.3 Å². The van der Waals surface area contributed by atoms with Crippen LogP contribution in [0.15, 0.2) is 48.2 Å².